The number of hydrogen-bond acceptors (Lipinski definition) is 3. The third-order valence-corrected chi connectivity index (χ3v) is 4.52. The molecule has 2 unspecified atom stereocenters. The van der Waals surface area contributed by atoms with Crippen molar-refractivity contribution in [3.63, 3.8) is 0 Å². The summed E-state index contributed by atoms with van der Waals surface area (Å²) < 4.78 is 5.45. The van der Waals surface area contributed by atoms with Crippen LogP contribution in [0, 0.1) is 0 Å². The standard InChI is InChI=1S/C17H23ClN2O2/c1-5-13-8-7-9-14(6-2)16(13)17-19(12(3)22-4)10-15(18)20(17)11-21/h7-12,17H,5-6H2,1-4H3. The Bertz CT molecular complexity index is 552. The van der Waals surface area contributed by atoms with Crippen LogP contribution in [0.25, 0.3) is 0 Å². The van der Waals surface area contributed by atoms with Gasteiger partial charge in [-0.05, 0) is 30.9 Å². The van der Waals surface area contributed by atoms with Crippen LogP contribution in [-0.4, -0.2) is 29.5 Å². The highest BCUT2D eigenvalue weighted by atomic mass is 35.5. The average Bonchev–Trinajstić information content (AvgIpc) is 2.89. The van der Waals surface area contributed by atoms with Crippen molar-refractivity contribution in [1.29, 1.82) is 0 Å². The first kappa shape index (κ1) is 16.8. The Labute approximate surface area is 137 Å². The first-order valence-electron chi connectivity index (χ1n) is 7.60. The number of benzene rings is 1. The smallest absolute Gasteiger partial charge is 0.216 e. The van der Waals surface area contributed by atoms with Crippen molar-refractivity contribution in [2.75, 3.05) is 7.11 Å². The van der Waals surface area contributed by atoms with Crippen LogP contribution < -0.4 is 0 Å². The topological polar surface area (TPSA) is 32.8 Å². The maximum Gasteiger partial charge on any atom is 0.216 e. The van der Waals surface area contributed by atoms with Gasteiger partial charge in [-0.15, -0.1) is 0 Å². The average molecular weight is 323 g/mol. The molecule has 0 saturated carbocycles. The Hall–Kier alpha value is -1.52. The Balaban J connectivity index is 2.59. The van der Waals surface area contributed by atoms with Crippen molar-refractivity contribution < 1.29 is 9.53 Å². The van der Waals surface area contributed by atoms with Crippen LogP contribution in [0.15, 0.2) is 29.6 Å². The van der Waals surface area contributed by atoms with Gasteiger partial charge in [0.15, 0.2) is 0 Å². The Morgan fingerprint density at radius 3 is 2.36 bits per heavy atom. The summed E-state index contributed by atoms with van der Waals surface area (Å²) in [4.78, 5) is 15.1. The molecule has 1 heterocycles. The number of hydrogen-bond donors (Lipinski definition) is 0. The van der Waals surface area contributed by atoms with Crippen LogP contribution >= 0.6 is 11.6 Å². The molecule has 1 amide bonds. The van der Waals surface area contributed by atoms with Gasteiger partial charge in [0.2, 0.25) is 6.41 Å². The normalized spacial score (nSPS) is 19.3. The van der Waals surface area contributed by atoms with E-state index in [9.17, 15) is 4.79 Å². The molecule has 0 fully saturated rings. The summed E-state index contributed by atoms with van der Waals surface area (Å²) in [5, 5.41) is 0.414. The SMILES string of the molecule is CCc1cccc(CC)c1C1N(C=O)C(Cl)=CN1C(C)OC. The molecule has 0 N–H and O–H groups in total. The predicted octanol–water partition coefficient (Wildman–Crippen LogP) is 3.61. The van der Waals surface area contributed by atoms with E-state index in [-0.39, 0.29) is 12.4 Å². The number of amides is 1. The van der Waals surface area contributed by atoms with Gasteiger partial charge in [0.05, 0.1) is 0 Å². The number of aryl methyl sites for hydroxylation is 2. The zero-order chi connectivity index (χ0) is 16.3. The van der Waals surface area contributed by atoms with Crippen molar-refractivity contribution in [2.45, 2.75) is 46.0 Å². The summed E-state index contributed by atoms with van der Waals surface area (Å²) in [6.45, 7) is 6.19. The maximum atomic E-state index is 11.6. The largest absolute Gasteiger partial charge is 0.362 e. The van der Waals surface area contributed by atoms with E-state index in [4.69, 9.17) is 16.3 Å². The minimum absolute atomic E-state index is 0.182. The molecular formula is C17H23ClN2O2. The van der Waals surface area contributed by atoms with Crippen molar-refractivity contribution >= 4 is 18.0 Å². The third kappa shape index (κ3) is 2.85. The lowest BCUT2D eigenvalue weighted by atomic mass is 9.94. The van der Waals surface area contributed by atoms with E-state index < -0.39 is 0 Å². The molecule has 2 atom stereocenters. The van der Waals surface area contributed by atoms with Gasteiger partial charge in [0.1, 0.15) is 17.5 Å². The molecular weight excluding hydrogens is 300 g/mol. The van der Waals surface area contributed by atoms with E-state index in [0.717, 1.165) is 24.8 Å². The van der Waals surface area contributed by atoms with Gasteiger partial charge in [0, 0.05) is 18.9 Å². The molecule has 2 rings (SSSR count). The molecule has 0 radical (unpaired) electrons. The molecule has 0 saturated heterocycles. The van der Waals surface area contributed by atoms with E-state index in [1.807, 2.05) is 11.8 Å². The number of methoxy groups -OCH3 is 1. The van der Waals surface area contributed by atoms with Crippen LogP contribution in [0.5, 0.6) is 0 Å². The van der Waals surface area contributed by atoms with Gasteiger partial charge in [-0.1, -0.05) is 43.6 Å². The maximum absolute atomic E-state index is 11.6. The van der Waals surface area contributed by atoms with Crippen molar-refractivity contribution in [1.82, 2.24) is 9.80 Å². The van der Waals surface area contributed by atoms with Gasteiger partial charge in [-0.25, -0.2) is 0 Å². The predicted molar refractivity (Wildman–Crippen MR) is 88.1 cm³/mol. The molecule has 1 aromatic carbocycles. The lowest BCUT2D eigenvalue weighted by Gasteiger charge is -2.35. The van der Waals surface area contributed by atoms with Gasteiger partial charge in [-0.2, -0.15) is 0 Å². The molecule has 1 aromatic rings. The fraction of sp³-hybridized carbons (Fsp3) is 0.471. The summed E-state index contributed by atoms with van der Waals surface area (Å²) in [6, 6.07) is 6.29. The zero-order valence-corrected chi connectivity index (χ0v) is 14.3. The monoisotopic (exact) mass is 322 g/mol. The van der Waals surface area contributed by atoms with Crippen molar-refractivity contribution in [2.24, 2.45) is 0 Å². The summed E-state index contributed by atoms with van der Waals surface area (Å²) in [7, 11) is 1.65. The molecule has 4 nitrogen and oxygen atoms in total. The molecule has 22 heavy (non-hydrogen) atoms. The van der Waals surface area contributed by atoms with E-state index in [2.05, 4.69) is 32.0 Å². The lowest BCUT2D eigenvalue weighted by molar-refractivity contribution is -0.121. The fourth-order valence-corrected chi connectivity index (χ4v) is 3.20. The van der Waals surface area contributed by atoms with Crippen LogP contribution in [0.1, 0.15) is 43.6 Å². The fourth-order valence-electron chi connectivity index (χ4n) is 2.96. The highest BCUT2D eigenvalue weighted by Crippen LogP contribution is 2.40. The number of rotatable bonds is 6. The van der Waals surface area contributed by atoms with Gasteiger partial charge >= 0.3 is 0 Å². The van der Waals surface area contributed by atoms with Gasteiger partial charge in [-0.3, -0.25) is 9.69 Å². The van der Waals surface area contributed by atoms with Crippen LogP contribution in [0.3, 0.4) is 0 Å². The lowest BCUT2D eigenvalue weighted by Crippen LogP contribution is -2.38. The summed E-state index contributed by atoms with van der Waals surface area (Å²) >= 11 is 6.27. The Morgan fingerprint density at radius 1 is 1.32 bits per heavy atom. The second-order valence-corrected chi connectivity index (χ2v) is 5.70. The zero-order valence-electron chi connectivity index (χ0n) is 13.5. The first-order valence-corrected chi connectivity index (χ1v) is 7.98. The van der Waals surface area contributed by atoms with E-state index in [1.165, 1.54) is 11.1 Å². The second kappa shape index (κ2) is 7.16. The van der Waals surface area contributed by atoms with E-state index >= 15 is 0 Å². The molecule has 0 spiro atoms. The molecule has 1 aliphatic heterocycles. The number of carbonyl (C=O) groups is 1. The minimum Gasteiger partial charge on any atom is -0.362 e. The molecule has 5 heteroatoms. The summed E-state index contributed by atoms with van der Waals surface area (Å²) in [6.07, 6.45) is 3.93. The molecule has 0 bridgehead atoms. The van der Waals surface area contributed by atoms with Crippen LogP contribution in [-0.2, 0) is 22.4 Å². The van der Waals surface area contributed by atoms with E-state index in [0.29, 0.717) is 5.16 Å². The quantitative estimate of drug-likeness (QED) is 0.592. The Kier molecular flexibility index (Phi) is 5.48. The first-order chi connectivity index (χ1) is 10.6. The number of nitrogens with zero attached hydrogens (tertiary/aromatic N) is 2. The third-order valence-electron chi connectivity index (χ3n) is 4.23. The van der Waals surface area contributed by atoms with E-state index in [1.54, 1.807) is 18.2 Å². The highest BCUT2D eigenvalue weighted by molar-refractivity contribution is 6.30. The number of carbonyl (C=O) groups excluding carboxylic acids is 1. The molecule has 0 aliphatic carbocycles. The van der Waals surface area contributed by atoms with Crippen LogP contribution in [0.2, 0.25) is 0 Å². The van der Waals surface area contributed by atoms with Gasteiger partial charge in [0.25, 0.3) is 0 Å². The second-order valence-electron chi connectivity index (χ2n) is 5.32. The van der Waals surface area contributed by atoms with Gasteiger partial charge < -0.3 is 9.64 Å². The molecule has 120 valence electrons. The highest BCUT2D eigenvalue weighted by Gasteiger charge is 2.37. The number of halogens is 1. The summed E-state index contributed by atoms with van der Waals surface area (Å²) in [5.74, 6) is 0. The summed E-state index contributed by atoms with van der Waals surface area (Å²) in [5.41, 5.74) is 3.60. The van der Waals surface area contributed by atoms with Crippen molar-refractivity contribution in [3.8, 4) is 0 Å². The minimum atomic E-state index is -0.258. The molecule has 1 aliphatic rings. The van der Waals surface area contributed by atoms with Crippen molar-refractivity contribution in [3.05, 3.63) is 46.2 Å². The Morgan fingerprint density at radius 2 is 1.91 bits per heavy atom. The number of ether oxygens (including phenoxy) is 1. The van der Waals surface area contributed by atoms with Crippen LogP contribution in [0.4, 0.5) is 0 Å². The molecule has 0 aromatic heterocycles.